The summed E-state index contributed by atoms with van der Waals surface area (Å²) in [4.78, 5) is 0. The van der Waals surface area contributed by atoms with Gasteiger partial charge < -0.3 is 4.55 Å². The highest BCUT2D eigenvalue weighted by Crippen LogP contribution is 2.04. The van der Waals surface area contributed by atoms with Crippen molar-refractivity contribution in [3.05, 3.63) is 0 Å². The average Bonchev–Trinajstić information content (AvgIpc) is 2.04. The van der Waals surface area contributed by atoms with Crippen LogP contribution in [0.15, 0.2) is 0 Å². The predicted molar refractivity (Wildman–Crippen MR) is 63.6 cm³/mol. The van der Waals surface area contributed by atoms with E-state index in [1.54, 1.807) is 0 Å². The SMILES string of the molecule is CCCS(CCC)=S(=O)(O)CCC. The maximum Gasteiger partial charge on any atom is 0.103 e. The third-order valence-electron chi connectivity index (χ3n) is 1.69. The summed E-state index contributed by atoms with van der Waals surface area (Å²) >= 11 is 0. The van der Waals surface area contributed by atoms with E-state index in [2.05, 4.69) is 13.8 Å². The maximum atomic E-state index is 11.8. The highest BCUT2D eigenvalue weighted by Gasteiger charge is 2.07. The normalized spacial score (nSPS) is 16.1. The zero-order valence-electron chi connectivity index (χ0n) is 8.91. The Kier molecular flexibility index (Phi) is 7.09. The second-order valence-corrected chi connectivity index (χ2v) is 9.38. The Morgan fingerprint density at radius 1 is 1.08 bits per heavy atom. The molecule has 82 valence electrons. The van der Waals surface area contributed by atoms with Crippen LogP contribution in [0.1, 0.15) is 40.0 Å². The first-order valence-corrected chi connectivity index (χ1v) is 8.77. The van der Waals surface area contributed by atoms with Gasteiger partial charge in [-0.15, -0.1) is 9.45 Å². The molecule has 0 saturated carbocycles. The molecule has 0 spiro atoms. The molecule has 0 aromatic rings. The van der Waals surface area contributed by atoms with Crippen molar-refractivity contribution in [3.8, 4) is 0 Å². The summed E-state index contributed by atoms with van der Waals surface area (Å²) < 4.78 is 21.6. The van der Waals surface area contributed by atoms with E-state index < -0.39 is 8.77 Å². The van der Waals surface area contributed by atoms with Crippen molar-refractivity contribution in [2.24, 2.45) is 0 Å². The minimum Gasteiger partial charge on any atom is -0.309 e. The molecule has 0 rings (SSSR count). The molecule has 1 unspecified atom stereocenters. The third-order valence-corrected chi connectivity index (χ3v) is 8.79. The Bertz CT molecular complexity index is 232. The largest absolute Gasteiger partial charge is 0.309 e. The van der Waals surface area contributed by atoms with E-state index >= 15 is 0 Å². The molecule has 1 N–H and O–H groups in total. The first kappa shape index (κ1) is 13.5. The van der Waals surface area contributed by atoms with Crippen LogP contribution in [-0.4, -0.2) is 26.0 Å². The molecule has 0 bridgehead atoms. The number of hydrogen-bond donors (Lipinski definition) is 1. The van der Waals surface area contributed by atoms with Crippen LogP contribution >= 0.6 is 0 Å². The summed E-state index contributed by atoms with van der Waals surface area (Å²) in [5, 5.41) is 0. The van der Waals surface area contributed by atoms with E-state index in [0.717, 1.165) is 30.8 Å². The molecule has 1 atom stereocenters. The van der Waals surface area contributed by atoms with Gasteiger partial charge in [-0.25, -0.2) is 4.21 Å². The summed E-state index contributed by atoms with van der Waals surface area (Å²) in [6.45, 7) is 6.13. The predicted octanol–water partition coefficient (Wildman–Crippen LogP) is 2.51. The van der Waals surface area contributed by atoms with E-state index in [-0.39, 0.29) is 9.45 Å². The van der Waals surface area contributed by atoms with Gasteiger partial charge in [0, 0.05) is 5.75 Å². The minimum absolute atomic E-state index is 0.251. The van der Waals surface area contributed by atoms with Crippen molar-refractivity contribution < 1.29 is 8.76 Å². The smallest absolute Gasteiger partial charge is 0.103 e. The Balaban J connectivity index is 4.70. The highest BCUT2D eigenvalue weighted by atomic mass is 32.9. The highest BCUT2D eigenvalue weighted by molar-refractivity contribution is 8.44. The molecule has 0 radical (unpaired) electrons. The fourth-order valence-electron chi connectivity index (χ4n) is 1.19. The van der Waals surface area contributed by atoms with E-state index in [1.165, 1.54) is 0 Å². The molecule has 13 heavy (non-hydrogen) atoms. The Morgan fingerprint density at radius 3 is 1.85 bits per heavy atom. The van der Waals surface area contributed by atoms with Crippen molar-refractivity contribution >= 4 is 18.2 Å². The Labute approximate surface area is 84.6 Å². The van der Waals surface area contributed by atoms with Crippen LogP contribution < -0.4 is 0 Å². The third kappa shape index (κ3) is 5.03. The number of hydrogen-bond acceptors (Lipinski definition) is 1. The summed E-state index contributed by atoms with van der Waals surface area (Å²) in [5.74, 6) is 2.32. The fraction of sp³-hybridized carbons (Fsp3) is 1.00. The first-order valence-electron chi connectivity index (χ1n) is 5.00. The zero-order valence-corrected chi connectivity index (χ0v) is 10.5. The molecule has 2 nitrogen and oxygen atoms in total. The van der Waals surface area contributed by atoms with Gasteiger partial charge >= 0.3 is 0 Å². The van der Waals surface area contributed by atoms with Crippen LogP contribution in [0, 0.1) is 0 Å². The molecular weight excluding hydrogens is 204 g/mol. The molecule has 0 aromatic heterocycles. The fourth-order valence-corrected chi connectivity index (χ4v) is 7.35. The van der Waals surface area contributed by atoms with Crippen LogP contribution in [0.3, 0.4) is 0 Å². The molecular formula is C9H22O2S2. The second kappa shape index (κ2) is 6.85. The van der Waals surface area contributed by atoms with E-state index in [4.69, 9.17) is 0 Å². The molecule has 0 heterocycles. The molecule has 0 aliphatic heterocycles. The van der Waals surface area contributed by atoms with Gasteiger partial charge in [0.15, 0.2) is 0 Å². The topological polar surface area (TPSA) is 37.3 Å². The Hall–Kier alpha value is 0.460. The molecule has 0 saturated heterocycles. The standard InChI is InChI=1S/C9H22O2S2/c1-4-7-12(8-5-2)13(10,11)9-6-3/h4-9H2,1-3H3,(H,10,11). The molecule has 0 aliphatic carbocycles. The van der Waals surface area contributed by atoms with E-state index in [0.29, 0.717) is 5.75 Å². The minimum atomic E-state index is -2.52. The summed E-state index contributed by atoms with van der Waals surface area (Å²) in [6.07, 6.45) is 2.85. The second-order valence-electron chi connectivity index (χ2n) is 3.13. The van der Waals surface area contributed by atoms with Gasteiger partial charge in [-0.2, -0.15) is 0 Å². The van der Waals surface area contributed by atoms with Crippen LogP contribution in [0.2, 0.25) is 0 Å². The van der Waals surface area contributed by atoms with Gasteiger partial charge in [-0.1, -0.05) is 20.8 Å². The lowest BCUT2D eigenvalue weighted by Gasteiger charge is -2.12. The molecule has 0 aromatic carbocycles. The van der Waals surface area contributed by atoms with E-state index in [1.807, 2.05) is 6.92 Å². The summed E-state index contributed by atoms with van der Waals surface area (Å²) in [6, 6.07) is 0. The Morgan fingerprint density at radius 2 is 1.54 bits per heavy atom. The molecule has 0 aliphatic rings. The maximum absolute atomic E-state index is 11.8. The van der Waals surface area contributed by atoms with Gasteiger partial charge in [0.25, 0.3) is 0 Å². The van der Waals surface area contributed by atoms with Crippen molar-refractivity contribution in [1.82, 2.24) is 0 Å². The van der Waals surface area contributed by atoms with Crippen LogP contribution in [0.25, 0.3) is 0 Å². The first-order chi connectivity index (χ1) is 6.08. The van der Waals surface area contributed by atoms with Gasteiger partial charge in [-0.05, 0) is 30.8 Å². The van der Waals surface area contributed by atoms with Crippen molar-refractivity contribution in [2.75, 3.05) is 17.3 Å². The van der Waals surface area contributed by atoms with Gasteiger partial charge in [0.05, 0.1) is 0 Å². The van der Waals surface area contributed by atoms with E-state index in [9.17, 15) is 8.76 Å². The quantitative estimate of drug-likeness (QED) is 0.755. The molecule has 0 fully saturated rings. The van der Waals surface area contributed by atoms with Crippen molar-refractivity contribution in [1.29, 1.82) is 0 Å². The summed E-state index contributed by atoms with van der Waals surface area (Å²) in [5.41, 5.74) is 0. The van der Waals surface area contributed by atoms with Crippen molar-refractivity contribution in [2.45, 2.75) is 40.0 Å². The van der Waals surface area contributed by atoms with Gasteiger partial charge in [0.1, 0.15) is 8.77 Å². The molecule has 0 amide bonds. The monoisotopic (exact) mass is 226 g/mol. The van der Waals surface area contributed by atoms with Crippen molar-refractivity contribution in [3.63, 3.8) is 0 Å². The lowest BCUT2D eigenvalue weighted by Crippen LogP contribution is -2.16. The average molecular weight is 226 g/mol. The van der Waals surface area contributed by atoms with Crippen LogP contribution in [0.4, 0.5) is 0 Å². The van der Waals surface area contributed by atoms with Crippen LogP contribution in [-0.2, 0) is 18.2 Å². The number of rotatable bonds is 6. The lowest BCUT2D eigenvalue weighted by molar-refractivity contribution is 0.559. The lowest BCUT2D eigenvalue weighted by atomic mass is 10.6. The molecule has 4 heteroatoms. The van der Waals surface area contributed by atoms with Gasteiger partial charge in [0.2, 0.25) is 0 Å². The summed E-state index contributed by atoms with van der Waals surface area (Å²) in [7, 11) is -2.77. The van der Waals surface area contributed by atoms with Gasteiger partial charge in [-0.3, -0.25) is 0 Å². The van der Waals surface area contributed by atoms with Crippen LogP contribution in [0.5, 0.6) is 0 Å². The zero-order chi connectivity index (χ0) is 10.3.